The molecule has 2 aliphatic rings. The fourth-order valence-electron chi connectivity index (χ4n) is 2.53. The van der Waals surface area contributed by atoms with Crippen molar-refractivity contribution >= 4 is 17.4 Å². The van der Waals surface area contributed by atoms with Crippen molar-refractivity contribution in [3.8, 4) is 0 Å². The lowest BCUT2D eigenvalue weighted by Crippen LogP contribution is -2.41. The predicted molar refractivity (Wildman–Crippen MR) is 74.9 cm³/mol. The van der Waals surface area contributed by atoms with E-state index < -0.39 is 0 Å². The highest BCUT2D eigenvalue weighted by Gasteiger charge is 2.26. The van der Waals surface area contributed by atoms with Crippen molar-refractivity contribution in [2.24, 2.45) is 0 Å². The Morgan fingerprint density at radius 3 is 2.71 bits per heavy atom. The van der Waals surface area contributed by atoms with Gasteiger partial charge < -0.3 is 4.52 Å². The Hall–Kier alpha value is -2.24. The lowest BCUT2D eigenvalue weighted by atomic mass is 10.1. The second kappa shape index (κ2) is 6.03. The molecular formula is C15H17N3O3. The zero-order valence-electron chi connectivity index (χ0n) is 11.7. The number of likely N-dealkylation sites (tertiary alicyclic amines) is 1. The van der Waals surface area contributed by atoms with Crippen LogP contribution < -0.4 is 0 Å². The summed E-state index contributed by atoms with van der Waals surface area (Å²) < 4.78 is 5.20. The minimum Gasteiger partial charge on any atom is -0.339 e. The number of hydrogen-bond acceptors (Lipinski definition) is 5. The van der Waals surface area contributed by atoms with Gasteiger partial charge >= 0.3 is 0 Å². The molecule has 0 N–H and O–H groups in total. The van der Waals surface area contributed by atoms with E-state index in [1.165, 1.54) is 4.90 Å². The lowest BCUT2D eigenvalue weighted by molar-refractivity contribution is -0.147. The highest BCUT2D eigenvalue weighted by atomic mass is 16.5. The molecule has 1 saturated heterocycles. The van der Waals surface area contributed by atoms with Crippen molar-refractivity contribution in [1.82, 2.24) is 15.0 Å². The fraction of sp³-hybridized carbons (Fsp3) is 0.467. The van der Waals surface area contributed by atoms with Gasteiger partial charge in [-0.25, -0.2) is 0 Å². The fourth-order valence-corrected chi connectivity index (χ4v) is 2.53. The molecule has 0 radical (unpaired) electrons. The molecule has 1 aromatic heterocycles. The number of carbonyl (C=O) groups is 2. The van der Waals surface area contributed by atoms with Gasteiger partial charge in [-0.2, -0.15) is 4.98 Å². The number of piperidine rings is 1. The van der Waals surface area contributed by atoms with E-state index in [0.717, 1.165) is 18.4 Å². The first-order valence-corrected chi connectivity index (χ1v) is 7.26. The molecule has 2 heterocycles. The van der Waals surface area contributed by atoms with Gasteiger partial charge in [0.2, 0.25) is 17.7 Å². The zero-order chi connectivity index (χ0) is 14.7. The molecule has 3 rings (SSSR count). The van der Waals surface area contributed by atoms with E-state index in [4.69, 9.17) is 4.52 Å². The monoisotopic (exact) mass is 287 g/mol. The van der Waals surface area contributed by atoms with Gasteiger partial charge in [-0.15, -0.1) is 0 Å². The zero-order valence-corrected chi connectivity index (χ0v) is 11.7. The minimum absolute atomic E-state index is 0.105. The second-order valence-corrected chi connectivity index (χ2v) is 5.21. The van der Waals surface area contributed by atoms with Gasteiger partial charge in [0.15, 0.2) is 5.82 Å². The molecule has 6 nitrogen and oxygen atoms in total. The SMILES string of the molecule is O=C1CCCC(=O)N1CCc1nc(C2=CC=CCC2)no1. The molecule has 110 valence electrons. The summed E-state index contributed by atoms with van der Waals surface area (Å²) in [5.74, 6) is 0.856. The summed E-state index contributed by atoms with van der Waals surface area (Å²) in [7, 11) is 0. The van der Waals surface area contributed by atoms with Crippen LogP contribution in [0.25, 0.3) is 5.57 Å². The third kappa shape index (κ3) is 3.09. The smallest absolute Gasteiger partial charge is 0.229 e. The Bertz CT molecular complexity index is 599. The summed E-state index contributed by atoms with van der Waals surface area (Å²) in [6.07, 6.45) is 9.90. The summed E-state index contributed by atoms with van der Waals surface area (Å²) in [6, 6.07) is 0. The number of hydrogen-bond donors (Lipinski definition) is 0. The average molecular weight is 287 g/mol. The molecule has 0 spiro atoms. The van der Waals surface area contributed by atoms with Crippen LogP contribution in [-0.2, 0) is 16.0 Å². The summed E-state index contributed by atoms with van der Waals surface area (Å²) in [4.78, 5) is 29.0. The Morgan fingerprint density at radius 1 is 1.19 bits per heavy atom. The van der Waals surface area contributed by atoms with Crippen LogP contribution in [0.15, 0.2) is 22.8 Å². The van der Waals surface area contributed by atoms with Crippen LogP contribution >= 0.6 is 0 Å². The molecule has 0 saturated carbocycles. The van der Waals surface area contributed by atoms with Gasteiger partial charge in [-0.05, 0) is 19.3 Å². The van der Waals surface area contributed by atoms with Gasteiger partial charge in [0.1, 0.15) is 0 Å². The lowest BCUT2D eigenvalue weighted by Gasteiger charge is -2.23. The number of amides is 2. The predicted octanol–water partition coefficient (Wildman–Crippen LogP) is 1.88. The van der Waals surface area contributed by atoms with Gasteiger partial charge in [-0.1, -0.05) is 23.4 Å². The van der Waals surface area contributed by atoms with Crippen molar-refractivity contribution in [2.75, 3.05) is 6.54 Å². The summed E-state index contributed by atoms with van der Waals surface area (Å²) in [5, 5.41) is 3.97. The Kier molecular flexibility index (Phi) is 3.94. The molecule has 0 unspecified atom stereocenters. The van der Waals surface area contributed by atoms with E-state index in [1.54, 1.807) is 0 Å². The molecule has 0 aromatic carbocycles. The van der Waals surface area contributed by atoms with E-state index in [-0.39, 0.29) is 11.8 Å². The maximum absolute atomic E-state index is 11.7. The number of carbonyl (C=O) groups excluding carboxylic acids is 2. The van der Waals surface area contributed by atoms with Crippen molar-refractivity contribution in [2.45, 2.75) is 38.5 Å². The van der Waals surface area contributed by atoms with E-state index in [9.17, 15) is 9.59 Å². The van der Waals surface area contributed by atoms with Gasteiger partial charge in [0.05, 0.1) is 0 Å². The number of aromatic nitrogens is 2. The van der Waals surface area contributed by atoms with Gasteiger partial charge in [0.25, 0.3) is 0 Å². The second-order valence-electron chi connectivity index (χ2n) is 5.21. The maximum atomic E-state index is 11.7. The minimum atomic E-state index is -0.105. The van der Waals surface area contributed by atoms with Crippen LogP contribution in [0.1, 0.15) is 43.8 Å². The average Bonchev–Trinajstić information content (AvgIpc) is 2.97. The largest absolute Gasteiger partial charge is 0.339 e. The molecular weight excluding hydrogens is 270 g/mol. The van der Waals surface area contributed by atoms with Crippen LogP contribution in [0.3, 0.4) is 0 Å². The first-order chi connectivity index (χ1) is 10.2. The third-order valence-corrected chi connectivity index (χ3v) is 3.70. The molecule has 6 heteroatoms. The van der Waals surface area contributed by atoms with Gasteiger partial charge in [0, 0.05) is 31.4 Å². The molecule has 0 atom stereocenters. The first-order valence-electron chi connectivity index (χ1n) is 7.26. The highest BCUT2D eigenvalue weighted by Crippen LogP contribution is 2.21. The van der Waals surface area contributed by atoms with Crippen LogP contribution in [-0.4, -0.2) is 33.4 Å². The van der Waals surface area contributed by atoms with Crippen LogP contribution in [0.4, 0.5) is 0 Å². The molecule has 2 amide bonds. The van der Waals surface area contributed by atoms with Crippen molar-refractivity contribution in [1.29, 1.82) is 0 Å². The first kappa shape index (κ1) is 13.7. The van der Waals surface area contributed by atoms with E-state index in [0.29, 0.717) is 43.9 Å². The van der Waals surface area contributed by atoms with Crippen LogP contribution in [0.2, 0.25) is 0 Å². The number of rotatable bonds is 4. The summed E-state index contributed by atoms with van der Waals surface area (Å²) >= 11 is 0. The molecule has 1 aliphatic heterocycles. The third-order valence-electron chi connectivity index (χ3n) is 3.70. The highest BCUT2D eigenvalue weighted by molar-refractivity contribution is 5.97. The van der Waals surface area contributed by atoms with Crippen molar-refractivity contribution in [3.63, 3.8) is 0 Å². The molecule has 1 aliphatic carbocycles. The molecule has 1 fully saturated rings. The Morgan fingerprint density at radius 2 is 2.00 bits per heavy atom. The number of allylic oxidation sites excluding steroid dienone is 4. The Balaban J connectivity index is 1.62. The summed E-state index contributed by atoms with van der Waals surface area (Å²) in [6.45, 7) is 0.318. The molecule has 0 bridgehead atoms. The molecule has 21 heavy (non-hydrogen) atoms. The van der Waals surface area contributed by atoms with E-state index in [1.807, 2.05) is 12.2 Å². The quantitative estimate of drug-likeness (QED) is 0.790. The topological polar surface area (TPSA) is 76.3 Å². The number of nitrogens with zero attached hydrogens (tertiary/aromatic N) is 3. The van der Waals surface area contributed by atoms with Crippen molar-refractivity contribution in [3.05, 3.63) is 29.9 Å². The normalized spacial score (nSPS) is 19.0. The summed E-state index contributed by atoms with van der Waals surface area (Å²) in [5.41, 5.74) is 1.05. The van der Waals surface area contributed by atoms with Gasteiger partial charge in [-0.3, -0.25) is 14.5 Å². The van der Waals surface area contributed by atoms with Crippen molar-refractivity contribution < 1.29 is 14.1 Å². The van der Waals surface area contributed by atoms with Crippen LogP contribution in [0, 0.1) is 0 Å². The molecule has 1 aromatic rings. The van der Waals surface area contributed by atoms with E-state index >= 15 is 0 Å². The Labute approximate surface area is 122 Å². The standard InChI is InChI=1S/C15H17N3O3/c19-13-7-4-8-14(20)18(13)10-9-12-16-15(17-21-12)11-5-2-1-3-6-11/h1-2,5H,3-4,6-10H2. The van der Waals surface area contributed by atoms with E-state index in [2.05, 4.69) is 16.2 Å². The number of imide groups is 1. The van der Waals surface area contributed by atoms with Crippen LogP contribution in [0.5, 0.6) is 0 Å². The maximum Gasteiger partial charge on any atom is 0.229 e.